The van der Waals surface area contributed by atoms with Crippen molar-refractivity contribution in [3.05, 3.63) is 36.5 Å². The van der Waals surface area contributed by atoms with Crippen LogP contribution in [0.2, 0.25) is 0 Å². The van der Waals surface area contributed by atoms with E-state index >= 15 is 0 Å². The van der Waals surface area contributed by atoms with Crippen molar-refractivity contribution in [3.8, 4) is 39.9 Å². The molecular formula is C18H18N3O6PS. The summed E-state index contributed by atoms with van der Waals surface area (Å²) < 4.78 is 35.2. The second-order valence-electron chi connectivity index (χ2n) is 6.17. The van der Waals surface area contributed by atoms with Crippen LogP contribution in [0.25, 0.3) is 16.9 Å². The highest BCUT2D eigenvalue weighted by Gasteiger charge is 2.23. The first-order valence-electron chi connectivity index (χ1n) is 8.46. The average Bonchev–Trinajstić information content (AvgIpc) is 3.35. The van der Waals surface area contributed by atoms with Crippen LogP contribution in [0.3, 0.4) is 0 Å². The van der Waals surface area contributed by atoms with E-state index in [9.17, 15) is 9.46 Å². The second kappa shape index (κ2) is 7.62. The molecule has 1 aromatic heterocycles. The van der Waals surface area contributed by atoms with Crippen LogP contribution in [0.1, 0.15) is 0 Å². The predicted molar refractivity (Wildman–Crippen MR) is 108 cm³/mol. The van der Waals surface area contributed by atoms with Gasteiger partial charge in [-0.2, -0.15) is 0 Å². The van der Waals surface area contributed by atoms with Crippen molar-refractivity contribution < 1.29 is 28.4 Å². The molecule has 11 heteroatoms. The fourth-order valence-electron chi connectivity index (χ4n) is 2.95. The monoisotopic (exact) mass is 435 g/mol. The van der Waals surface area contributed by atoms with Gasteiger partial charge < -0.3 is 23.8 Å². The Morgan fingerprint density at radius 3 is 2.69 bits per heavy atom. The Morgan fingerprint density at radius 1 is 1.17 bits per heavy atom. The molecule has 0 radical (unpaired) electrons. The first kappa shape index (κ1) is 19.6. The van der Waals surface area contributed by atoms with Crippen LogP contribution >= 0.6 is 18.0 Å². The number of ether oxygens (including phenoxy) is 4. The summed E-state index contributed by atoms with van der Waals surface area (Å²) in [5.74, 6) is 2.13. The van der Waals surface area contributed by atoms with Crippen LogP contribution in [0.15, 0.2) is 41.4 Å². The summed E-state index contributed by atoms with van der Waals surface area (Å²) in [5, 5.41) is 8.21. The number of aromatic nitrogens is 3. The Kier molecular flexibility index (Phi) is 5.16. The molecule has 0 saturated carbocycles. The molecule has 3 aromatic rings. The van der Waals surface area contributed by atoms with Gasteiger partial charge in [0.2, 0.25) is 12.5 Å². The standard InChI is InChI=1S/C18H18N3O6PS/c1-24-14-5-4-11(6-17(14)29-28(3,22)23)13-9-19-20-21(13)12-7-15(25-2)18-16(8-12)26-10-27-18/h4-9H,10H2,1-3H3,(H,22,23). The lowest BCUT2D eigenvalue weighted by molar-refractivity contribution is 0.171. The first-order chi connectivity index (χ1) is 13.9. The molecule has 152 valence electrons. The van der Waals surface area contributed by atoms with Crippen molar-refractivity contribution >= 4 is 18.0 Å². The smallest absolute Gasteiger partial charge is 0.256 e. The maximum absolute atomic E-state index is 11.9. The molecule has 2 aromatic carbocycles. The molecule has 1 atom stereocenters. The largest absolute Gasteiger partial charge is 0.496 e. The molecular weight excluding hydrogens is 417 g/mol. The Labute approximate surface area is 170 Å². The highest BCUT2D eigenvalue weighted by atomic mass is 32.7. The van der Waals surface area contributed by atoms with Crippen LogP contribution < -0.4 is 18.9 Å². The number of hydrogen-bond donors (Lipinski definition) is 1. The molecule has 0 saturated heterocycles. The minimum atomic E-state index is -3.36. The van der Waals surface area contributed by atoms with Crippen LogP contribution in [-0.2, 0) is 4.57 Å². The van der Waals surface area contributed by atoms with Crippen molar-refractivity contribution in [1.29, 1.82) is 0 Å². The quantitative estimate of drug-likeness (QED) is 0.582. The first-order valence-corrected chi connectivity index (χ1v) is 12.0. The van der Waals surface area contributed by atoms with E-state index in [0.29, 0.717) is 39.3 Å². The van der Waals surface area contributed by atoms with Crippen molar-refractivity contribution in [1.82, 2.24) is 15.0 Å². The van der Waals surface area contributed by atoms with Crippen LogP contribution in [0.5, 0.6) is 23.0 Å². The molecule has 0 aliphatic carbocycles. The van der Waals surface area contributed by atoms with Gasteiger partial charge in [-0.3, -0.25) is 4.57 Å². The zero-order chi connectivity index (χ0) is 20.6. The van der Waals surface area contributed by atoms with Crippen molar-refractivity contribution in [2.45, 2.75) is 4.90 Å². The van der Waals surface area contributed by atoms with Crippen molar-refractivity contribution in [2.75, 3.05) is 27.7 Å². The molecule has 0 amide bonds. The molecule has 29 heavy (non-hydrogen) atoms. The number of benzene rings is 2. The molecule has 0 fully saturated rings. The number of methoxy groups -OCH3 is 2. The lowest BCUT2D eigenvalue weighted by atomic mass is 10.1. The Balaban J connectivity index is 1.80. The van der Waals surface area contributed by atoms with E-state index in [1.807, 2.05) is 6.07 Å². The molecule has 1 aliphatic rings. The topological polar surface area (TPSA) is 105 Å². The van der Waals surface area contributed by atoms with Gasteiger partial charge in [0, 0.05) is 24.4 Å². The minimum Gasteiger partial charge on any atom is -0.496 e. The van der Waals surface area contributed by atoms with Gasteiger partial charge >= 0.3 is 0 Å². The number of nitrogens with zero attached hydrogens (tertiary/aromatic N) is 3. The molecule has 4 rings (SSSR count). The lowest BCUT2D eigenvalue weighted by Gasteiger charge is -2.13. The Hall–Kier alpha value is -2.68. The zero-order valence-electron chi connectivity index (χ0n) is 15.9. The fraction of sp³-hybridized carbons (Fsp3) is 0.222. The maximum atomic E-state index is 11.9. The second-order valence-corrected chi connectivity index (χ2v) is 11.0. The van der Waals surface area contributed by atoms with Crippen LogP contribution in [0, 0.1) is 0 Å². The summed E-state index contributed by atoms with van der Waals surface area (Å²) in [6, 6.07) is 8.91. The van der Waals surface area contributed by atoms with Crippen molar-refractivity contribution in [2.24, 2.45) is 0 Å². The maximum Gasteiger partial charge on any atom is 0.256 e. The summed E-state index contributed by atoms with van der Waals surface area (Å²) in [6.07, 6.45) is 1.61. The summed E-state index contributed by atoms with van der Waals surface area (Å²) >= 11 is 0.867. The summed E-state index contributed by atoms with van der Waals surface area (Å²) in [4.78, 5) is 10.3. The van der Waals surface area contributed by atoms with Gasteiger partial charge in [-0.1, -0.05) is 5.21 Å². The molecule has 9 nitrogen and oxygen atoms in total. The molecule has 0 bridgehead atoms. The highest BCUT2D eigenvalue weighted by molar-refractivity contribution is 8.56. The molecule has 1 unspecified atom stereocenters. The van der Waals surface area contributed by atoms with Gasteiger partial charge in [0.25, 0.3) is 6.57 Å². The summed E-state index contributed by atoms with van der Waals surface area (Å²) in [7, 11) is 3.07. The third-order valence-electron chi connectivity index (χ3n) is 4.16. The number of rotatable bonds is 6. The van der Waals surface area contributed by atoms with E-state index in [-0.39, 0.29) is 6.79 Å². The molecule has 1 N–H and O–H groups in total. The van der Waals surface area contributed by atoms with Crippen LogP contribution in [0.4, 0.5) is 0 Å². The van der Waals surface area contributed by atoms with E-state index in [1.54, 1.807) is 42.3 Å². The third kappa shape index (κ3) is 3.91. The minimum absolute atomic E-state index is 0.122. The highest BCUT2D eigenvalue weighted by Crippen LogP contribution is 2.57. The Morgan fingerprint density at radius 2 is 1.97 bits per heavy atom. The third-order valence-corrected chi connectivity index (χ3v) is 6.62. The van der Waals surface area contributed by atoms with E-state index < -0.39 is 6.57 Å². The molecule has 0 spiro atoms. The van der Waals surface area contributed by atoms with Gasteiger partial charge in [-0.25, -0.2) is 4.68 Å². The van der Waals surface area contributed by atoms with E-state index in [2.05, 4.69) is 10.3 Å². The number of hydrogen-bond acceptors (Lipinski definition) is 8. The SMILES string of the molecule is COc1ccc(-c2cnnn2-c2cc(OC)c3c(c2)OCO3)cc1SP(C)(=O)O. The van der Waals surface area contributed by atoms with Crippen molar-refractivity contribution in [3.63, 3.8) is 0 Å². The normalized spacial score (nSPS) is 14.5. The lowest BCUT2D eigenvalue weighted by Crippen LogP contribution is -2.01. The van der Waals surface area contributed by atoms with Gasteiger partial charge in [0.1, 0.15) is 5.75 Å². The number of fused-ring (bicyclic) bond motifs is 1. The Bertz CT molecular complexity index is 1110. The van der Waals surface area contributed by atoms with E-state index in [0.717, 1.165) is 16.9 Å². The summed E-state index contributed by atoms with van der Waals surface area (Å²) in [6.45, 7) is -1.95. The van der Waals surface area contributed by atoms with E-state index in [1.165, 1.54) is 13.8 Å². The fourth-order valence-corrected chi connectivity index (χ4v) is 5.26. The molecule has 1 aliphatic heterocycles. The van der Waals surface area contributed by atoms with Gasteiger partial charge in [0.15, 0.2) is 11.5 Å². The molecule has 2 heterocycles. The van der Waals surface area contributed by atoms with Crippen LogP contribution in [-0.4, -0.2) is 47.6 Å². The summed E-state index contributed by atoms with van der Waals surface area (Å²) in [5.41, 5.74) is 2.11. The van der Waals surface area contributed by atoms with Gasteiger partial charge in [0.05, 0.1) is 36.7 Å². The zero-order valence-corrected chi connectivity index (χ0v) is 17.6. The van der Waals surface area contributed by atoms with Gasteiger partial charge in [-0.05, 0) is 29.6 Å². The predicted octanol–water partition coefficient (Wildman–Crippen LogP) is 3.59. The average molecular weight is 435 g/mol. The van der Waals surface area contributed by atoms with Gasteiger partial charge in [-0.15, -0.1) is 5.10 Å². The van der Waals surface area contributed by atoms with E-state index in [4.69, 9.17) is 18.9 Å².